The summed E-state index contributed by atoms with van der Waals surface area (Å²) in [5.41, 5.74) is 5.99. The molecule has 7 heteroatoms. The zero-order valence-electron chi connectivity index (χ0n) is 24.8. The van der Waals surface area contributed by atoms with Crippen LogP contribution < -0.4 is 0 Å². The van der Waals surface area contributed by atoms with Crippen molar-refractivity contribution in [3.63, 3.8) is 0 Å². The Kier molecular flexibility index (Phi) is 9.88. The molecular weight excluding hydrogens is 593 g/mol. The van der Waals surface area contributed by atoms with E-state index in [9.17, 15) is 9.90 Å². The first-order chi connectivity index (χ1) is 20.6. The van der Waals surface area contributed by atoms with Gasteiger partial charge in [0.1, 0.15) is 0 Å². The van der Waals surface area contributed by atoms with Gasteiger partial charge >= 0.3 is 5.97 Å². The Labute approximate surface area is 264 Å². The number of carbonyl (C=O) groups is 1. The highest BCUT2D eigenvalue weighted by molar-refractivity contribution is 8.14. The minimum absolute atomic E-state index is 0.107. The average molecular weight is 632 g/mol. The van der Waals surface area contributed by atoms with E-state index < -0.39 is 11.6 Å². The first-order valence-corrected chi connectivity index (χ1v) is 17.1. The molecule has 4 nitrogen and oxygen atoms in total. The molecule has 4 aromatic rings. The van der Waals surface area contributed by atoms with Crippen molar-refractivity contribution in [2.45, 2.75) is 56.8 Å². The minimum atomic E-state index is -0.712. The van der Waals surface area contributed by atoms with E-state index in [4.69, 9.17) is 21.1 Å². The third-order valence-corrected chi connectivity index (χ3v) is 11.5. The highest BCUT2D eigenvalue weighted by Crippen LogP contribution is 2.55. The summed E-state index contributed by atoms with van der Waals surface area (Å²) >= 11 is 6.19. The summed E-state index contributed by atoms with van der Waals surface area (Å²) in [6.07, 6.45) is 8.11. The predicted octanol–water partition coefficient (Wildman–Crippen LogP) is 9.73. The van der Waals surface area contributed by atoms with E-state index in [0.717, 1.165) is 53.6 Å². The van der Waals surface area contributed by atoms with E-state index in [1.165, 1.54) is 16.7 Å². The van der Waals surface area contributed by atoms with Crippen LogP contribution in [0.2, 0.25) is 5.02 Å². The highest BCUT2D eigenvalue weighted by atomic mass is 35.5. The molecule has 224 valence electrons. The second-order valence-corrected chi connectivity index (χ2v) is 14.7. The number of hydrogen-bond acceptors (Lipinski definition) is 3. The maximum absolute atomic E-state index is 11.6. The zero-order valence-corrected chi connectivity index (χ0v) is 27.5. The second-order valence-electron chi connectivity index (χ2n) is 12.1. The first kappa shape index (κ1) is 31.6. The number of hydrogen-bond donors (Lipinski definition) is 1. The van der Waals surface area contributed by atoms with Crippen molar-refractivity contribution in [2.24, 2.45) is 5.41 Å². The lowest BCUT2D eigenvalue weighted by Crippen LogP contribution is -2.19. The van der Waals surface area contributed by atoms with Gasteiger partial charge in [-0.25, -0.2) is 4.98 Å². The molecule has 1 heterocycles. The molecule has 2 unspecified atom stereocenters. The van der Waals surface area contributed by atoms with Gasteiger partial charge in [0.05, 0.1) is 23.2 Å². The molecule has 0 saturated heterocycles. The van der Waals surface area contributed by atoms with Gasteiger partial charge in [-0.1, -0.05) is 84.2 Å². The number of halogens is 1. The van der Waals surface area contributed by atoms with Crippen molar-refractivity contribution in [3.05, 3.63) is 112 Å². The lowest BCUT2D eigenvalue weighted by molar-refractivity contribution is -0.138. The van der Waals surface area contributed by atoms with Crippen LogP contribution in [0, 0.1) is 5.41 Å². The topological polar surface area (TPSA) is 59.4 Å². The van der Waals surface area contributed by atoms with Gasteiger partial charge in [-0.3, -0.25) is 4.79 Å². The molecule has 1 N–H and O–H groups in total. The Hall–Kier alpha value is -2.82. The van der Waals surface area contributed by atoms with Crippen molar-refractivity contribution in [1.29, 1.82) is 0 Å². The number of pyridine rings is 1. The van der Waals surface area contributed by atoms with Gasteiger partial charge in [0.2, 0.25) is 0 Å². The fourth-order valence-electron chi connectivity index (χ4n) is 5.81. The summed E-state index contributed by atoms with van der Waals surface area (Å²) in [7, 11) is 2.16. The van der Waals surface area contributed by atoms with Crippen LogP contribution in [0.4, 0.5) is 0 Å². The van der Waals surface area contributed by atoms with Crippen LogP contribution in [0.25, 0.3) is 23.1 Å². The van der Waals surface area contributed by atoms with Crippen LogP contribution in [-0.2, 0) is 21.3 Å². The Balaban J connectivity index is 1.42. The van der Waals surface area contributed by atoms with Crippen molar-refractivity contribution in [3.8, 4) is 0 Å². The summed E-state index contributed by atoms with van der Waals surface area (Å²) in [5.74, 6) is 4.81. The summed E-state index contributed by atoms with van der Waals surface area (Å²) < 4.78 is 5.75. The van der Waals surface area contributed by atoms with Crippen molar-refractivity contribution >= 4 is 66.4 Å². The number of fused-ring (bicyclic) bond motifs is 1. The minimum Gasteiger partial charge on any atom is -0.481 e. The van der Waals surface area contributed by atoms with Gasteiger partial charge in [0, 0.05) is 25.1 Å². The van der Waals surface area contributed by atoms with E-state index in [-0.39, 0.29) is 27.6 Å². The quantitative estimate of drug-likeness (QED) is 0.118. The number of aryl methyl sites for hydroxylation is 1. The maximum atomic E-state index is 11.6. The molecule has 0 radical (unpaired) electrons. The van der Waals surface area contributed by atoms with Crippen LogP contribution in [0.15, 0.2) is 78.9 Å². The van der Waals surface area contributed by atoms with Crippen molar-refractivity contribution < 1.29 is 14.4 Å². The smallest absolute Gasteiger partial charge is 0.303 e. The summed E-state index contributed by atoms with van der Waals surface area (Å²) in [6.45, 7) is 4.17. The largest absolute Gasteiger partial charge is 0.481 e. The average Bonchev–Trinajstić information content (AvgIpc) is 3.73. The van der Waals surface area contributed by atoms with Gasteiger partial charge < -0.3 is 9.63 Å². The Morgan fingerprint density at radius 1 is 1.12 bits per heavy atom. The monoisotopic (exact) mass is 631 g/mol. The maximum Gasteiger partial charge on any atom is 0.303 e. The van der Waals surface area contributed by atoms with Gasteiger partial charge in [0.15, 0.2) is 0 Å². The number of rotatable bonds is 13. The van der Waals surface area contributed by atoms with Crippen LogP contribution >= 0.6 is 31.6 Å². The Morgan fingerprint density at radius 2 is 1.88 bits per heavy atom. The predicted molar refractivity (Wildman–Crippen MR) is 187 cm³/mol. The number of aromatic nitrogens is 1. The standard InChI is InChI=1S/C36H39ClNO3PS/c1-35(2,41-42)31-10-5-4-8-26(31)14-18-33(43(3)24-36(19-20-36)23-34(39)40)28-9-6-7-25(21-28)11-16-30-17-13-27-12-15-29(37)22-32(27)38-30/h4-13,15-17,21-22,33H,3,14,18-20,23-24,42H2,1-2H3,(H,39,40)/b16-11+/t33-,43?/m1/s1. The molecule has 5 rings (SSSR count). The normalized spacial score (nSPS) is 15.9. The van der Waals surface area contributed by atoms with Crippen molar-refractivity contribution in [1.82, 2.24) is 4.98 Å². The van der Waals surface area contributed by atoms with Gasteiger partial charge in [-0.15, -0.1) is 0 Å². The van der Waals surface area contributed by atoms with E-state index in [1.54, 1.807) is 0 Å². The number of nitrogens with zero attached hydrogens (tertiary/aromatic N) is 1. The van der Waals surface area contributed by atoms with E-state index in [0.29, 0.717) is 5.02 Å². The molecule has 1 saturated carbocycles. The highest BCUT2D eigenvalue weighted by Gasteiger charge is 2.45. The molecule has 1 aliphatic carbocycles. The lowest BCUT2D eigenvalue weighted by Gasteiger charge is -2.28. The van der Waals surface area contributed by atoms with Crippen LogP contribution in [0.1, 0.15) is 72.7 Å². The van der Waals surface area contributed by atoms with Crippen LogP contribution in [0.3, 0.4) is 0 Å². The molecular formula is C36H39ClNO3PS. The lowest BCUT2D eigenvalue weighted by atomic mass is 9.90. The van der Waals surface area contributed by atoms with Crippen molar-refractivity contribution in [2.75, 3.05) is 5.75 Å². The van der Waals surface area contributed by atoms with E-state index in [2.05, 4.69) is 89.9 Å². The third kappa shape index (κ3) is 8.02. The molecule has 0 aliphatic heterocycles. The van der Waals surface area contributed by atoms with E-state index in [1.807, 2.05) is 30.3 Å². The molecule has 0 amide bonds. The molecule has 1 aromatic heterocycles. The molecule has 3 aromatic carbocycles. The fraction of sp³-hybridized carbons (Fsp3) is 0.306. The van der Waals surface area contributed by atoms with Gasteiger partial charge in [-0.2, -0.15) is 10.5 Å². The summed E-state index contributed by atoms with van der Waals surface area (Å²) in [6, 6.07) is 27.0. The second kappa shape index (κ2) is 13.4. The zero-order chi connectivity index (χ0) is 30.6. The number of carboxylic acid groups (broad SMARTS) is 1. The fourth-order valence-corrected chi connectivity index (χ4v) is 8.46. The number of aliphatic carboxylic acids is 1. The summed E-state index contributed by atoms with van der Waals surface area (Å²) in [5, 5.41) is 11.5. The molecule has 0 spiro atoms. The molecule has 1 fully saturated rings. The van der Waals surface area contributed by atoms with E-state index >= 15 is 0 Å². The molecule has 1 aliphatic rings. The first-order valence-electron chi connectivity index (χ1n) is 14.6. The molecule has 43 heavy (non-hydrogen) atoms. The molecule has 3 atom stereocenters. The van der Waals surface area contributed by atoms with Crippen LogP contribution in [0.5, 0.6) is 0 Å². The van der Waals surface area contributed by atoms with Gasteiger partial charge in [-0.05, 0) is 97.2 Å². The Morgan fingerprint density at radius 3 is 2.63 bits per heavy atom. The summed E-state index contributed by atoms with van der Waals surface area (Å²) in [4.78, 5) is 16.4. The number of benzene rings is 3. The Bertz CT molecular complexity index is 1680. The SMILES string of the molecule is C=S(CC1(CC(=O)O)CC1)[C@H](CCc1ccccc1C(C)(C)OP)c1cccc(/C=C/c2ccc3ccc(Cl)cc3n2)c1. The molecule has 0 bridgehead atoms. The van der Waals surface area contributed by atoms with Gasteiger partial charge in [0.25, 0.3) is 0 Å². The van der Waals surface area contributed by atoms with Crippen LogP contribution in [-0.4, -0.2) is 27.7 Å². The third-order valence-electron chi connectivity index (χ3n) is 8.42. The number of carboxylic acids is 1.